The zero-order valence-electron chi connectivity index (χ0n) is 11.3. The molecule has 0 saturated heterocycles. The number of carbonyl (C=O) groups excluding carboxylic acids is 1. The molecule has 0 atom stereocenters. The van der Waals surface area contributed by atoms with E-state index in [1.807, 2.05) is 18.2 Å². The molecule has 0 radical (unpaired) electrons. The van der Waals surface area contributed by atoms with Crippen LogP contribution in [0.15, 0.2) is 36.5 Å². The molecule has 0 unspecified atom stereocenters. The molecular formula is C15H16N4O. The number of aryl methyl sites for hydroxylation is 1. The summed E-state index contributed by atoms with van der Waals surface area (Å²) in [5.74, 6) is 5.57. The summed E-state index contributed by atoms with van der Waals surface area (Å²) in [6, 6.07) is 10.3. The molecule has 1 heterocycles. The first-order chi connectivity index (χ1) is 9.67. The molecule has 102 valence electrons. The highest BCUT2D eigenvalue weighted by Gasteiger charge is 2.48. The van der Waals surface area contributed by atoms with Gasteiger partial charge in [-0.15, -0.1) is 0 Å². The fraction of sp³-hybridized carbons (Fsp3) is 0.267. The molecule has 2 aromatic rings. The van der Waals surface area contributed by atoms with Gasteiger partial charge in [-0.05, 0) is 25.3 Å². The zero-order chi connectivity index (χ0) is 14.2. The first kappa shape index (κ1) is 12.7. The lowest BCUT2D eigenvalue weighted by atomic mass is 9.95. The lowest BCUT2D eigenvalue weighted by molar-refractivity contribution is 0.0952. The van der Waals surface area contributed by atoms with Gasteiger partial charge >= 0.3 is 0 Å². The number of nitrogens with zero attached hydrogens (tertiary/aromatic N) is 2. The number of nitrogen functional groups attached to an aromatic ring is 1. The van der Waals surface area contributed by atoms with Gasteiger partial charge in [-0.25, -0.2) is 15.8 Å². The van der Waals surface area contributed by atoms with Gasteiger partial charge in [-0.2, -0.15) is 0 Å². The smallest absolute Gasteiger partial charge is 0.268 e. The maximum atomic E-state index is 11.6. The molecule has 3 rings (SSSR count). The van der Waals surface area contributed by atoms with E-state index < -0.39 is 0 Å². The second kappa shape index (κ2) is 4.68. The van der Waals surface area contributed by atoms with E-state index >= 15 is 0 Å². The van der Waals surface area contributed by atoms with E-state index in [0.29, 0.717) is 11.3 Å². The van der Waals surface area contributed by atoms with Crippen LogP contribution in [0.25, 0.3) is 0 Å². The van der Waals surface area contributed by atoms with Crippen LogP contribution in [0, 0.1) is 6.92 Å². The van der Waals surface area contributed by atoms with Crippen molar-refractivity contribution in [3.63, 3.8) is 0 Å². The SMILES string of the molecule is Cc1nc(C2(c3ccccc3)CC2)ncc1C(=O)NN. The number of amides is 1. The van der Waals surface area contributed by atoms with Crippen LogP contribution in [-0.4, -0.2) is 15.9 Å². The number of hydrazine groups is 1. The van der Waals surface area contributed by atoms with Crippen molar-refractivity contribution in [3.8, 4) is 0 Å². The predicted molar refractivity (Wildman–Crippen MR) is 74.9 cm³/mol. The Kier molecular flexibility index (Phi) is 2.99. The van der Waals surface area contributed by atoms with Crippen LogP contribution in [0.5, 0.6) is 0 Å². The van der Waals surface area contributed by atoms with Crippen molar-refractivity contribution in [2.75, 3.05) is 0 Å². The molecule has 1 aliphatic rings. The quantitative estimate of drug-likeness (QED) is 0.502. The summed E-state index contributed by atoms with van der Waals surface area (Å²) in [5.41, 5.74) is 4.33. The highest BCUT2D eigenvalue weighted by molar-refractivity contribution is 5.94. The molecule has 1 aromatic carbocycles. The Morgan fingerprint density at radius 3 is 2.55 bits per heavy atom. The molecule has 1 aromatic heterocycles. The van der Waals surface area contributed by atoms with Gasteiger partial charge in [-0.3, -0.25) is 10.2 Å². The normalized spacial score (nSPS) is 15.7. The predicted octanol–water partition coefficient (Wildman–Crippen LogP) is 1.47. The molecule has 5 heteroatoms. The third-order valence-electron chi connectivity index (χ3n) is 3.86. The first-order valence-corrected chi connectivity index (χ1v) is 6.58. The third-order valence-corrected chi connectivity index (χ3v) is 3.86. The Hall–Kier alpha value is -2.27. The molecule has 20 heavy (non-hydrogen) atoms. The fourth-order valence-electron chi connectivity index (χ4n) is 2.52. The minimum atomic E-state index is -0.362. The van der Waals surface area contributed by atoms with Crippen molar-refractivity contribution >= 4 is 5.91 Å². The number of hydrogen-bond acceptors (Lipinski definition) is 4. The summed E-state index contributed by atoms with van der Waals surface area (Å²) in [4.78, 5) is 20.5. The summed E-state index contributed by atoms with van der Waals surface area (Å²) >= 11 is 0. The van der Waals surface area contributed by atoms with Crippen LogP contribution < -0.4 is 11.3 Å². The van der Waals surface area contributed by atoms with Gasteiger partial charge in [0, 0.05) is 6.20 Å². The van der Waals surface area contributed by atoms with Gasteiger partial charge in [0.15, 0.2) is 0 Å². The zero-order valence-corrected chi connectivity index (χ0v) is 11.3. The van der Waals surface area contributed by atoms with Crippen LogP contribution in [-0.2, 0) is 5.41 Å². The van der Waals surface area contributed by atoms with Crippen LogP contribution >= 0.6 is 0 Å². The highest BCUT2D eigenvalue weighted by atomic mass is 16.2. The lowest BCUT2D eigenvalue weighted by Crippen LogP contribution is -2.31. The number of hydrogen-bond donors (Lipinski definition) is 2. The minimum absolute atomic E-state index is 0.0796. The van der Waals surface area contributed by atoms with Crippen LogP contribution in [0.3, 0.4) is 0 Å². The monoisotopic (exact) mass is 268 g/mol. The van der Waals surface area contributed by atoms with Gasteiger partial charge in [-0.1, -0.05) is 30.3 Å². The maximum absolute atomic E-state index is 11.6. The largest absolute Gasteiger partial charge is 0.290 e. The average Bonchev–Trinajstić information content (AvgIpc) is 3.29. The van der Waals surface area contributed by atoms with E-state index in [1.165, 1.54) is 5.56 Å². The number of nitrogens with two attached hydrogens (primary N) is 1. The Labute approximate surface area is 117 Å². The lowest BCUT2D eigenvalue weighted by Gasteiger charge is -2.15. The van der Waals surface area contributed by atoms with E-state index in [1.54, 1.807) is 13.1 Å². The molecule has 0 spiro atoms. The van der Waals surface area contributed by atoms with Gasteiger partial charge in [0.1, 0.15) is 5.82 Å². The van der Waals surface area contributed by atoms with Crippen LogP contribution in [0.2, 0.25) is 0 Å². The summed E-state index contributed by atoms with van der Waals surface area (Å²) in [5, 5.41) is 0. The van der Waals surface area contributed by atoms with Gasteiger partial charge in [0.05, 0.1) is 16.7 Å². The van der Waals surface area contributed by atoms with E-state index in [2.05, 4.69) is 27.5 Å². The standard InChI is InChI=1S/C15H16N4O/c1-10-12(13(20)19-16)9-17-14(18-10)15(7-8-15)11-5-3-2-4-6-11/h2-6,9H,7-8,16H2,1H3,(H,19,20). The Morgan fingerprint density at radius 1 is 1.30 bits per heavy atom. The van der Waals surface area contributed by atoms with Crippen molar-refractivity contribution in [1.82, 2.24) is 15.4 Å². The second-order valence-corrected chi connectivity index (χ2v) is 5.11. The Bertz CT molecular complexity index is 650. The first-order valence-electron chi connectivity index (χ1n) is 6.58. The highest BCUT2D eigenvalue weighted by Crippen LogP contribution is 2.51. The number of carbonyl (C=O) groups is 1. The van der Waals surface area contributed by atoms with E-state index in [4.69, 9.17) is 5.84 Å². The molecule has 0 bridgehead atoms. The summed E-state index contributed by atoms with van der Waals surface area (Å²) in [6.45, 7) is 1.80. The average molecular weight is 268 g/mol. The summed E-state index contributed by atoms with van der Waals surface area (Å²) < 4.78 is 0. The third kappa shape index (κ3) is 1.96. The fourth-order valence-corrected chi connectivity index (χ4v) is 2.52. The second-order valence-electron chi connectivity index (χ2n) is 5.11. The number of benzene rings is 1. The van der Waals surface area contributed by atoms with Gasteiger partial charge in [0.25, 0.3) is 5.91 Å². The molecule has 1 saturated carbocycles. The molecule has 5 nitrogen and oxygen atoms in total. The topological polar surface area (TPSA) is 80.9 Å². The van der Waals surface area contributed by atoms with Crippen molar-refractivity contribution < 1.29 is 4.79 Å². The number of aromatic nitrogens is 2. The van der Waals surface area contributed by atoms with E-state index in [0.717, 1.165) is 18.7 Å². The van der Waals surface area contributed by atoms with Gasteiger partial charge in [0.2, 0.25) is 0 Å². The van der Waals surface area contributed by atoms with E-state index in [9.17, 15) is 4.79 Å². The number of rotatable bonds is 3. The maximum Gasteiger partial charge on any atom is 0.268 e. The van der Waals surface area contributed by atoms with Crippen molar-refractivity contribution in [1.29, 1.82) is 0 Å². The molecule has 1 aliphatic carbocycles. The summed E-state index contributed by atoms with van der Waals surface area (Å²) in [7, 11) is 0. The summed E-state index contributed by atoms with van der Waals surface area (Å²) in [6.07, 6.45) is 3.64. The van der Waals surface area contributed by atoms with Crippen molar-refractivity contribution in [2.45, 2.75) is 25.2 Å². The molecular weight excluding hydrogens is 252 g/mol. The van der Waals surface area contributed by atoms with Gasteiger partial charge < -0.3 is 0 Å². The van der Waals surface area contributed by atoms with Crippen LogP contribution in [0.4, 0.5) is 0 Å². The van der Waals surface area contributed by atoms with E-state index in [-0.39, 0.29) is 11.3 Å². The van der Waals surface area contributed by atoms with Crippen molar-refractivity contribution in [3.05, 3.63) is 59.2 Å². The Balaban J connectivity index is 2.00. The molecule has 3 N–H and O–H groups in total. The number of nitrogens with one attached hydrogen (secondary N) is 1. The Morgan fingerprint density at radius 2 is 2.00 bits per heavy atom. The molecule has 0 aliphatic heterocycles. The molecule has 1 fully saturated rings. The van der Waals surface area contributed by atoms with Crippen molar-refractivity contribution in [2.24, 2.45) is 5.84 Å². The van der Waals surface area contributed by atoms with Crippen LogP contribution in [0.1, 0.15) is 40.3 Å². The molecule has 1 amide bonds. The minimum Gasteiger partial charge on any atom is -0.290 e.